The van der Waals surface area contributed by atoms with Crippen molar-refractivity contribution in [1.29, 1.82) is 0 Å². The summed E-state index contributed by atoms with van der Waals surface area (Å²) in [5.74, 6) is 3.50. The maximum atomic E-state index is 12.7. The predicted octanol–water partition coefficient (Wildman–Crippen LogP) is 3.01. The van der Waals surface area contributed by atoms with Gasteiger partial charge in [-0.3, -0.25) is 0 Å². The Morgan fingerprint density at radius 1 is 1.48 bits per heavy atom. The number of nitrogens with zero attached hydrogens (tertiary/aromatic N) is 3. The van der Waals surface area contributed by atoms with Crippen molar-refractivity contribution in [1.82, 2.24) is 14.5 Å². The van der Waals surface area contributed by atoms with Crippen LogP contribution in [-0.4, -0.2) is 40.2 Å². The Morgan fingerprint density at radius 3 is 3.08 bits per heavy atom. The summed E-state index contributed by atoms with van der Waals surface area (Å²) in [5.41, 5.74) is 0.626. The molecule has 1 saturated heterocycles. The van der Waals surface area contributed by atoms with Gasteiger partial charge in [-0.15, -0.1) is 6.42 Å². The summed E-state index contributed by atoms with van der Waals surface area (Å²) in [6.07, 6.45) is 11.7. The first-order valence-electron chi connectivity index (χ1n) is 8.37. The zero-order valence-corrected chi connectivity index (χ0v) is 14.3. The van der Waals surface area contributed by atoms with Gasteiger partial charge < -0.3 is 19.5 Å². The lowest BCUT2D eigenvalue weighted by molar-refractivity contribution is 0.149. The first-order valence-corrected chi connectivity index (χ1v) is 8.37. The van der Waals surface area contributed by atoms with Crippen molar-refractivity contribution in [3.05, 3.63) is 43.0 Å². The highest BCUT2D eigenvalue weighted by Gasteiger charge is 2.30. The van der Waals surface area contributed by atoms with Gasteiger partial charge in [0.15, 0.2) is 0 Å². The summed E-state index contributed by atoms with van der Waals surface area (Å²) in [5, 5.41) is 2.94. The van der Waals surface area contributed by atoms with E-state index in [4.69, 9.17) is 11.2 Å². The molecule has 0 aliphatic carbocycles. The SMILES string of the molecule is C#CCOc1ccccc1NC(=O)N1CC[C@@H](C)[C@H](n2ccnc2)C1. The van der Waals surface area contributed by atoms with Crippen LogP contribution < -0.4 is 10.1 Å². The van der Waals surface area contributed by atoms with Gasteiger partial charge in [0.1, 0.15) is 12.4 Å². The number of imidazole rings is 1. The summed E-state index contributed by atoms with van der Waals surface area (Å²) in [6, 6.07) is 7.40. The number of para-hydroxylation sites is 2. The number of likely N-dealkylation sites (tertiary alicyclic amines) is 1. The number of hydrogen-bond acceptors (Lipinski definition) is 3. The van der Waals surface area contributed by atoms with E-state index in [2.05, 4.69) is 27.7 Å². The number of hydrogen-bond donors (Lipinski definition) is 1. The Kier molecular flexibility index (Phi) is 5.24. The molecule has 2 amide bonds. The van der Waals surface area contributed by atoms with Crippen LogP contribution in [-0.2, 0) is 0 Å². The van der Waals surface area contributed by atoms with Crippen molar-refractivity contribution >= 4 is 11.7 Å². The van der Waals surface area contributed by atoms with E-state index in [-0.39, 0.29) is 18.7 Å². The molecule has 0 unspecified atom stereocenters. The molecular weight excluding hydrogens is 316 g/mol. The van der Waals surface area contributed by atoms with Gasteiger partial charge in [-0.1, -0.05) is 25.0 Å². The molecule has 1 N–H and O–H groups in total. The van der Waals surface area contributed by atoms with E-state index >= 15 is 0 Å². The number of urea groups is 1. The monoisotopic (exact) mass is 338 g/mol. The molecule has 6 nitrogen and oxygen atoms in total. The Hall–Kier alpha value is -2.94. The van der Waals surface area contributed by atoms with E-state index in [1.54, 1.807) is 12.3 Å². The smallest absolute Gasteiger partial charge is 0.322 e. The number of piperidine rings is 1. The Balaban J connectivity index is 1.68. The van der Waals surface area contributed by atoms with Crippen LogP contribution in [0.2, 0.25) is 0 Å². The summed E-state index contributed by atoms with van der Waals surface area (Å²) in [6.45, 7) is 3.75. The molecule has 6 heteroatoms. The first-order chi connectivity index (χ1) is 12.2. The third kappa shape index (κ3) is 3.94. The van der Waals surface area contributed by atoms with Crippen LogP contribution in [0.3, 0.4) is 0 Å². The summed E-state index contributed by atoms with van der Waals surface area (Å²) >= 11 is 0. The number of benzene rings is 1. The van der Waals surface area contributed by atoms with Crippen molar-refractivity contribution < 1.29 is 9.53 Å². The quantitative estimate of drug-likeness (QED) is 0.872. The number of rotatable bonds is 4. The maximum absolute atomic E-state index is 12.7. The molecule has 1 fully saturated rings. The van der Waals surface area contributed by atoms with Gasteiger partial charge in [-0.25, -0.2) is 9.78 Å². The van der Waals surface area contributed by atoms with Crippen LogP contribution in [0.25, 0.3) is 0 Å². The highest BCUT2D eigenvalue weighted by atomic mass is 16.5. The van der Waals surface area contributed by atoms with Crippen LogP contribution >= 0.6 is 0 Å². The molecule has 2 aromatic rings. The van der Waals surface area contributed by atoms with Crippen LogP contribution in [0.4, 0.5) is 10.5 Å². The van der Waals surface area contributed by atoms with Crippen molar-refractivity contribution in [3.8, 4) is 18.1 Å². The lowest BCUT2D eigenvalue weighted by Gasteiger charge is -2.37. The average molecular weight is 338 g/mol. The van der Waals surface area contributed by atoms with Gasteiger partial charge in [0.25, 0.3) is 0 Å². The largest absolute Gasteiger partial charge is 0.479 e. The number of nitrogens with one attached hydrogen (secondary N) is 1. The van der Waals surface area contributed by atoms with Crippen molar-refractivity contribution in [2.75, 3.05) is 25.0 Å². The number of anilines is 1. The van der Waals surface area contributed by atoms with Crippen LogP contribution in [0.15, 0.2) is 43.0 Å². The number of carbonyl (C=O) groups is 1. The summed E-state index contributed by atoms with van der Waals surface area (Å²) in [7, 11) is 0. The van der Waals surface area contributed by atoms with Gasteiger partial charge in [0.2, 0.25) is 0 Å². The predicted molar refractivity (Wildman–Crippen MR) is 96.4 cm³/mol. The molecule has 130 valence electrons. The molecule has 2 atom stereocenters. The maximum Gasteiger partial charge on any atom is 0.322 e. The molecule has 0 saturated carbocycles. The fraction of sp³-hybridized carbons (Fsp3) is 0.368. The van der Waals surface area contributed by atoms with Crippen LogP contribution in [0, 0.1) is 18.3 Å². The van der Waals surface area contributed by atoms with E-state index in [0.717, 1.165) is 13.0 Å². The van der Waals surface area contributed by atoms with Crippen molar-refractivity contribution in [2.45, 2.75) is 19.4 Å². The molecule has 1 aromatic heterocycles. The fourth-order valence-corrected chi connectivity index (χ4v) is 3.10. The third-order valence-corrected chi connectivity index (χ3v) is 4.55. The number of carbonyl (C=O) groups excluding carboxylic acids is 1. The zero-order valence-electron chi connectivity index (χ0n) is 14.3. The molecular formula is C19H22N4O2. The van der Waals surface area contributed by atoms with Gasteiger partial charge >= 0.3 is 6.03 Å². The number of terminal acetylenes is 1. The number of ether oxygens (including phenoxy) is 1. The summed E-state index contributed by atoms with van der Waals surface area (Å²) < 4.78 is 7.57. The lowest BCUT2D eigenvalue weighted by atomic mass is 9.93. The fourth-order valence-electron chi connectivity index (χ4n) is 3.10. The second kappa shape index (κ2) is 7.75. The van der Waals surface area contributed by atoms with Crippen LogP contribution in [0.1, 0.15) is 19.4 Å². The zero-order chi connectivity index (χ0) is 17.6. The number of aromatic nitrogens is 2. The average Bonchev–Trinajstić information content (AvgIpc) is 3.15. The van der Waals surface area contributed by atoms with Gasteiger partial charge in [-0.2, -0.15) is 0 Å². The topological polar surface area (TPSA) is 59.4 Å². The second-order valence-corrected chi connectivity index (χ2v) is 6.21. The molecule has 0 bridgehead atoms. The van der Waals surface area contributed by atoms with Gasteiger partial charge in [0, 0.05) is 25.5 Å². The normalized spacial score (nSPS) is 19.9. The van der Waals surface area contributed by atoms with Gasteiger partial charge in [-0.05, 0) is 24.5 Å². The molecule has 0 spiro atoms. The molecule has 0 radical (unpaired) electrons. The highest BCUT2D eigenvalue weighted by molar-refractivity contribution is 5.91. The Labute approximate surface area is 147 Å². The van der Waals surface area contributed by atoms with E-state index in [9.17, 15) is 4.79 Å². The molecule has 25 heavy (non-hydrogen) atoms. The van der Waals surface area contributed by atoms with Crippen molar-refractivity contribution in [3.63, 3.8) is 0 Å². The highest BCUT2D eigenvalue weighted by Crippen LogP contribution is 2.29. The van der Waals surface area contributed by atoms with E-state index < -0.39 is 0 Å². The van der Waals surface area contributed by atoms with E-state index in [0.29, 0.717) is 23.9 Å². The minimum atomic E-state index is -0.131. The van der Waals surface area contributed by atoms with Crippen LogP contribution in [0.5, 0.6) is 5.75 Å². The molecule has 1 aliphatic rings. The van der Waals surface area contributed by atoms with E-state index in [1.807, 2.05) is 35.6 Å². The minimum absolute atomic E-state index is 0.131. The third-order valence-electron chi connectivity index (χ3n) is 4.55. The minimum Gasteiger partial charge on any atom is -0.479 e. The molecule has 1 aromatic carbocycles. The lowest BCUT2D eigenvalue weighted by Crippen LogP contribution is -2.45. The standard InChI is InChI=1S/C19H22N4O2/c1-3-12-25-18-7-5-4-6-16(18)21-19(24)22-10-8-15(2)17(13-22)23-11-9-20-14-23/h1,4-7,9,11,14-15,17H,8,10,12-13H2,2H3,(H,21,24)/t15-,17-/m1/s1. The summed E-state index contributed by atoms with van der Waals surface area (Å²) in [4.78, 5) is 18.7. The second-order valence-electron chi connectivity index (χ2n) is 6.21. The molecule has 2 heterocycles. The number of amides is 2. The van der Waals surface area contributed by atoms with E-state index in [1.165, 1.54) is 0 Å². The van der Waals surface area contributed by atoms with Crippen molar-refractivity contribution in [2.24, 2.45) is 5.92 Å². The molecule has 1 aliphatic heterocycles. The first kappa shape index (κ1) is 16.9. The Morgan fingerprint density at radius 2 is 2.32 bits per heavy atom. The molecule has 3 rings (SSSR count). The Bertz CT molecular complexity index is 751. The van der Waals surface area contributed by atoms with Gasteiger partial charge in [0.05, 0.1) is 18.1 Å².